The fourth-order valence-corrected chi connectivity index (χ4v) is 2.29. The van der Waals surface area contributed by atoms with E-state index in [4.69, 9.17) is 4.74 Å². The molecule has 0 amide bonds. The molecule has 0 saturated heterocycles. The number of thiophene rings is 1. The van der Waals surface area contributed by atoms with Crippen molar-refractivity contribution in [3.63, 3.8) is 0 Å². The molecule has 0 N–H and O–H groups in total. The third-order valence-corrected chi connectivity index (χ3v) is 3.16. The van der Waals surface area contributed by atoms with E-state index in [1.807, 2.05) is 16.8 Å². The van der Waals surface area contributed by atoms with Gasteiger partial charge in [0.05, 0.1) is 0 Å². The summed E-state index contributed by atoms with van der Waals surface area (Å²) in [5.41, 5.74) is 2.62. The van der Waals surface area contributed by atoms with Crippen LogP contribution in [0.1, 0.15) is 5.56 Å². The van der Waals surface area contributed by atoms with Crippen LogP contribution in [0.5, 0.6) is 5.75 Å². The minimum absolute atomic E-state index is 0.198. The van der Waals surface area contributed by atoms with E-state index in [1.165, 1.54) is 17.4 Å². The van der Waals surface area contributed by atoms with E-state index < -0.39 is 12.8 Å². The van der Waals surface area contributed by atoms with Gasteiger partial charge in [0.1, 0.15) is 5.75 Å². The van der Waals surface area contributed by atoms with Gasteiger partial charge in [-0.3, -0.25) is 0 Å². The molecule has 1 aromatic heterocycles. The Morgan fingerprint density at radius 1 is 1.26 bits per heavy atom. The molecular formula is C14H11F3OS. The van der Waals surface area contributed by atoms with Crippen molar-refractivity contribution in [2.75, 3.05) is 6.61 Å². The van der Waals surface area contributed by atoms with Crippen molar-refractivity contribution in [2.45, 2.75) is 6.18 Å². The summed E-state index contributed by atoms with van der Waals surface area (Å²) in [4.78, 5) is 0. The summed E-state index contributed by atoms with van der Waals surface area (Å²) in [6.45, 7) is 2.41. The maximum absolute atomic E-state index is 12.1. The van der Waals surface area contributed by atoms with Crippen LogP contribution in [0.25, 0.3) is 17.2 Å². The van der Waals surface area contributed by atoms with Crippen LogP contribution < -0.4 is 4.74 Å². The number of hydrogen-bond acceptors (Lipinski definition) is 2. The van der Waals surface area contributed by atoms with E-state index in [-0.39, 0.29) is 5.75 Å². The van der Waals surface area contributed by atoms with Gasteiger partial charge in [0.15, 0.2) is 6.61 Å². The Kier molecular flexibility index (Phi) is 3.95. The molecule has 2 aromatic rings. The van der Waals surface area contributed by atoms with Gasteiger partial charge in [-0.05, 0) is 45.6 Å². The van der Waals surface area contributed by atoms with Gasteiger partial charge in [-0.15, -0.1) is 0 Å². The SMILES string of the molecule is C=Cc1ccc(OCC(F)(F)F)cc1-c1ccsc1. The predicted octanol–water partition coefficient (Wildman–Crippen LogP) is 5.00. The van der Waals surface area contributed by atoms with Crippen molar-refractivity contribution in [1.29, 1.82) is 0 Å². The molecule has 1 nitrogen and oxygen atoms in total. The Morgan fingerprint density at radius 3 is 2.63 bits per heavy atom. The van der Waals surface area contributed by atoms with E-state index >= 15 is 0 Å². The highest BCUT2D eigenvalue weighted by atomic mass is 32.1. The number of halogens is 3. The molecule has 5 heteroatoms. The quantitative estimate of drug-likeness (QED) is 0.767. The van der Waals surface area contributed by atoms with Crippen molar-refractivity contribution in [3.05, 3.63) is 47.2 Å². The minimum atomic E-state index is -4.33. The van der Waals surface area contributed by atoms with Crippen LogP contribution in [0.2, 0.25) is 0 Å². The first kappa shape index (κ1) is 13.7. The highest BCUT2D eigenvalue weighted by Crippen LogP contribution is 2.31. The molecule has 0 aliphatic heterocycles. The molecule has 0 saturated carbocycles. The molecule has 19 heavy (non-hydrogen) atoms. The van der Waals surface area contributed by atoms with Gasteiger partial charge < -0.3 is 4.74 Å². The molecule has 100 valence electrons. The molecule has 0 fully saturated rings. The van der Waals surface area contributed by atoms with Crippen LogP contribution in [0.4, 0.5) is 13.2 Å². The Hall–Kier alpha value is -1.75. The number of hydrogen-bond donors (Lipinski definition) is 0. The molecule has 1 aromatic carbocycles. The van der Waals surface area contributed by atoms with Crippen molar-refractivity contribution < 1.29 is 17.9 Å². The molecule has 2 rings (SSSR count). The smallest absolute Gasteiger partial charge is 0.422 e. The Balaban J connectivity index is 2.29. The zero-order chi connectivity index (χ0) is 13.9. The maximum atomic E-state index is 12.1. The van der Waals surface area contributed by atoms with Gasteiger partial charge in [-0.25, -0.2) is 0 Å². The highest BCUT2D eigenvalue weighted by molar-refractivity contribution is 7.08. The van der Waals surface area contributed by atoms with Gasteiger partial charge in [0, 0.05) is 0 Å². The number of alkyl halides is 3. The molecule has 0 spiro atoms. The first-order chi connectivity index (χ1) is 8.99. The van der Waals surface area contributed by atoms with E-state index in [2.05, 4.69) is 6.58 Å². The van der Waals surface area contributed by atoms with Crippen LogP contribution in [0.15, 0.2) is 41.6 Å². The lowest BCUT2D eigenvalue weighted by molar-refractivity contribution is -0.153. The lowest BCUT2D eigenvalue weighted by Gasteiger charge is -2.11. The molecule has 0 radical (unpaired) electrons. The van der Waals surface area contributed by atoms with Gasteiger partial charge >= 0.3 is 6.18 Å². The van der Waals surface area contributed by atoms with Crippen LogP contribution in [0, 0.1) is 0 Å². The first-order valence-electron chi connectivity index (χ1n) is 5.48. The predicted molar refractivity (Wildman–Crippen MR) is 71.4 cm³/mol. The Morgan fingerprint density at radius 2 is 2.05 bits per heavy atom. The van der Waals surface area contributed by atoms with Gasteiger partial charge in [0.2, 0.25) is 0 Å². The highest BCUT2D eigenvalue weighted by Gasteiger charge is 2.28. The van der Waals surface area contributed by atoms with Crippen molar-refractivity contribution in [2.24, 2.45) is 0 Å². The molecule has 0 aliphatic rings. The van der Waals surface area contributed by atoms with Gasteiger partial charge in [-0.1, -0.05) is 18.7 Å². The summed E-state index contributed by atoms with van der Waals surface area (Å²) in [6, 6.07) is 6.72. The van der Waals surface area contributed by atoms with E-state index in [0.29, 0.717) is 0 Å². The average Bonchev–Trinajstić information content (AvgIpc) is 2.89. The largest absolute Gasteiger partial charge is 0.484 e. The number of rotatable bonds is 4. The summed E-state index contributed by atoms with van der Waals surface area (Å²) in [6.07, 6.45) is -2.67. The lowest BCUT2D eigenvalue weighted by atomic mass is 10.0. The third-order valence-electron chi connectivity index (χ3n) is 2.48. The molecule has 0 aliphatic carbocycles. The maximum Gasteiger partial charge on any atom is 0.422 e. The third kappa shape index (κ3) is 3.61. The molecule has 1 heterocycles. The van der Waals surface area contributed by atoms with Crippen LogP contribution in [-0.4, -0.2) is 12.8 Å². The lowest BCUT2D eigenvalue weighted by Crippen LogP contribution is -2.19. The summed E-state index contributed by atoms with van der Waals surface area (Å²) in [7, 11) is 0. The minimum Gasteiger partial charge on any atom is -0.484 e. The van der Waals surface area contributed by atoms with E-state index in [9.17, 15) is 13.2 Å². The van der Waals surface area contributed by atoms with E-state index in [1.54, 1.807) is 18.2 Å². The molecular weight excluding hydrogens is 273 g/mol. The molecule has 0 unspecified atom stereocenters. The molecule has 0 bridgehead atoms. The Bertz CT molecular complexity index is 559. The topological polar surface area (TPSA) is 9.23 Å². The second-order valence-corrected chi connectivity index (χ2v) is 4.65. The normalized spacial score (nSPS) is 11.3. The number of ether oxygens (including phenoxy) is 1. The summed E-state index contributed by atoms with van der Waals surface area (Å²) in [5.74, 6) is 0.198. The molecule has 0 atom stereocenters. The van der Waals surface area contributed by atoms with Crippen molar-refractivity contribution in [3.8, 4) is 16.9 Å². The van der Waals surface area contributed by atoms with Gasteiger partial charge in [-0.2, -0.15) is 24.5 Å². The van der Waals surface area contributed by atoms with Crippen LogP contribution in [0.3, 0.4) is 0 Å². The summed E-state index contributed by atoms with van der Waals surface area (Å²) < 4.78 is 41.1. The fraction of sp³-hybridized carbons (Fsp3) is 0.143. The fourth-order valence-electron chi connectivity index (χ4n) is 1.64. The number of benzene rings is 1. The zero-order valence-corrected chi connectivity index (χ0v) is 10.7. The van der Waals surface area contributed by atoms with Crippen molar-refractivity contribution in [1.82, 2.24) is 0 Å². The summed E-state index contributed by atoms with van der Waals surface area (Å²) in [5, 5.41) is 3.83. The van der Waals surface area contributed by atoms with Crippen LogP contribution in [-0.2, 0) is 0 Å². The summed E-state index contributed by atoms with van der Waals surface area (Å²) >= 11 is 1.52. The van der Waals surface area contributed by atoms with E-state index in [0.717, 1.165) is 16.7 Å². The zero-order valence-electron chi connectivity index (χ0n) is 9.91. The van der Waals surface area contributed by atoms with Crippen LogP contribution >= 0.6 is 11.3 Å². The second-order valence-electron chi connectivity index (χ2n) is 3.87. The van der Waals surface area contributed by atoms with Crippen molar-refractivity contribution >= 4 is 17.4 Å². The Labute approximate surface area is 113 Å². The standard InChI is InChI=1S/C14H11F3OS/c1-2-10-3-4-12(18-9-14(15,16)17)7-13(10)11-5-6-19-8-11/h2-8H,1,9H2. The second kappa shape index (κ2) is 5.48. The van der Waals surface area contributed by atoms with Gasteiger partial charge in [0.25, 0.3) is 0 Å². The average molecular weight is 284 g/mol. The monoisotopic (exact) mass is 284 g/mol. The first-order valence-corrected chi connectivity index (χ1v) is 6.42.